The number of hydrogen-bond donors (Lipinski definition) is 0. The Morgan fingerprint density at radius 2 is 1.69 bits per heavy atom. The molecule has 0 spiro atoms. The van der Waals surface area contributed by atoms with E-state index in [1.807, 2.05) is 33.8 Å². The van der Waals surface area contributed by atoms with Crippen molar-refractivity contribution in [1.29, 1.82) is 0 Å². The number of benzene rings is 1. The molecule has 70 valence electrons. The van der Waals surface area contributed by atoms with E-state index in [1.165, 1.54) is 12.0 Å². The number of hydrogen-bond acceptors (Lipinski definition) is 2. The zero-order valence-electron chi connectivity index (χ0n) is 8.59. The van der Waals surface area contributed by atoms with Crippen LogP contribution in [0, 0.1) is 13.8 Å². The summed E-state index contributed by atoms with van der Waals surface area (Å²) in [4.78, 5) is 4.11. The molecule has 1 heterocycles. The molecular weight excluding hydrogens is 162 g/mol. The van der Waals surface area contributed by atoms with Crippen molar-refractivity contribution in [2.45, 2.75) is 27.7 Å². The normalized spacial score (nSPS) is 9.54. The molecule has 2 rings (SSSR count). The summed E-state index contributed by atoms with van der Waals surface area (Å²) in [7, 11) is 0. The summed E-state index contributed by atoms with van der Waals surface area (Å²) >= 11 is 0. The lowest BCUT2D eigenvalue weighted by atomic mass is 10.1. The molecular formula is C11H15NO. The highest BCUT2D eigenvalue weighted by molar-refractivity contribution is 5.78. The Hall–Kier alpha value is -1.31. The first-order valence-corrected chi connectivity index (χ1v) is 4.58. The Labute approximate surface area is 78.6 Å². The monoisotopic (exact) mass is 177 g/mol. The number of nitrogens with zero attached hydrogens (tertiary/aromatic N) is 1. The van der Waals surface area contributed by atoms with Gasteiger partial charge in [-0.15, -0.1) is 0 Å². The second kappa shape index (κ2) is 4.08. The summed E-state index contributed by atoms with van der Waals surface area (Å²) in [6.07, 6.45) is 1.49. The first kappa shape index (κ1) is 9.78. The third kappa shape index (κ3) is 1.72. The molecule has 2 nitrogen and oxygen atoms in total. The Morgan fingerprint density at radius 1 is 1.08 bits per heavy atom. The smallest absolute Gasteiger partial charge is 0.182 e. The first-order valence-electron chi connectivity index (χ1n) is 4.58. The molecule has 0 atom stereocenters. The molecule has 13 heavy (non-hydrogen) atoms. The van der Waals surface area contributed by atoms with Gasteiger partial charge < -0.3 is 4.42 Å². The van der Waals surface area contributed by atoms with Crippen molar-refractivity contribution >= 4 is 11.1 Å². The fourth-order valence-electron chi connectivity index (χ4n) is 1.21. The van der Waals surface area contributed by atoms with Gasteiger partial charge >= 0.3 is 0 Å². The zero-order chi connectivity index (χ0) is 9.84. The molecule has 0 aliphatic rings. The standard InChI is InChI=1S/C9H9NO.C2H6/c1-6-3-4-7(2)9-8(6)10-5-11-9;1-2/h3-5H,1-2H3;1-2H3. The summed E-state index contributed by atoms with van der Waals surface area (Å²) in [5, 5.41) is 0. The number of aryl methyl sites for hydroxylation is 2. The maximum absolute atomic E-state index is 5.22. The lowest BCUT2D eigenvalue weighted by Crippen LogP contribution is -1.78. The lowest BCUT2D eigenvalue weighted by Gasteiger charge is -1.94. The van der Waals surface area contributed by atoms with E-state index in [-0.39, 0.29) is 0 Å². The van der Waals surface area contributed by atoms with Gasteiger partial charge in [0.2, 0.25) is 0 Å². The highest BCUT2D eigenvalue weighted by Gasteiger charge is 2.03. The van der Waals surface area contributed by atoms with E-state index in [9.17, 15) is 0 Å². The molecule has 0 fully saturated rings. The minimum absolute atomic E-state index is 0.907. The van der Waals surface area contributed by atoms with Gasteiger partial charge in [-0.3, -0.25) is 0 Å². The predicted octanol–water partition coefficient (Wildman–Crippen LogP) is 3.47. The minimum Gasteiger partial charge on any atom is -0.443 e. The summed E-state index contributed by atoms with van der Waals surface area (Å²) in [6.45, 7) is 8.05. The molecule has 0 radical (unpaired) electrons. The van der Waals surface area contributed by atoms with E-state index in [0.717, 1.165) is 16.7 Å². The average molecular weight is 177 g/mol. The predicted molar refractivity (Wildman–Crippen MR) is 54.8 cm³/mol. The Balaban J connectivity index is 0.000000396. The van der Waals surface area contributed by atoms with E-state index < -0.39 is 0 Å². The van der Waals surface area contributed by atoms with Crippen molar-refractivity contribution in [2.24, 2.45) is 0 Å². The van der Waals surface area contributed by atoms with Crippen LogP contribution in [0.25, 0.3) is 11.1 Å². The second-order valence-electron chi connectivity index (χ2n) is 2.73. The van der Waals surface area contributed by atoms with Gasteiger partial charge in [-0.1, -0.05) is 26.0 Å². The van der Waals surface area contributed by atoms with Crippen molar-refractivity contribution in [3.63, 3.8) is 0 Å². The Morgan fingerprint density at radius 3 is 2.31 bits per heavy atom. The van der Waals surface area contributed by atoms with Crippen molar-refractivity contribution in [1.82, 2.24) is 4.98 Å². The molecule has 0 aliphatic heterocycles. The third-order valence-electron chi connectivity index (χ3n) is 1.88. The SMILES string of the molecule is CC.Cc1ccc(C)c2ocnc12. The molecule has 0 aliphatic carbocycles. The maximum Gasteiger partial charge on any atom is 0.182 e. The molecule has 2 aromatic rings. The highest BCUT2D eigenvalue weighted by Crippen LogP contribution is 2.19. The lowest BCUT2D eigenvalue weighted by molar-refractivity contribution is 0.600. The largest absolute Gasteiger partial charge is 0.443 e. The van der Waals surface area contributed by atoms with Crippen LogP contribution in [-0.4, -0.2) is 4.98 Å². The minimum atomic E-state index is 0.907. The Bertz CT molecular complexity index is 354. The van der Waals surface area contributed by atoms with E-state index in [2.05, 4.69) is 11.1 Å². The molecule has 0 N–H and O–H groups in total. The van der Waals surface area contributed by atoms with Gasteiger partial charge in [0.15, 0.2) is 12.0 Å². The molecule has 1 aromatic heterocycles. The van der Waals surface area contributed by atoms with Crippen LogP contribution in [0.4, 0.5) is 0 Å². The molecule has 0 saturated carbocycles. The van der Waals surface area contributed by atoms with Gasteiger partial charge in [-0.05, 0) is 25.0 Å². The van der Waals surface area contributed by atoms with Gasteiger partial charge in [-0.25, -0.2) is 4.98 Å². The maximum atomic E-state index is 5.22. The van der Waals surface area contributed by atoms with Gasteiger partial charge in [0.1, 0.15) is 5.52 Å². The molecule has 0 unspecified atom stereocenters. The summed E-state index contributed by atoms with van der Waals surface area (Å²) in [6, 6.07) is 4.10. The van der Waals surface area contributed by atoms with Crippen molar-refractivity contribution in [3.8, 4) is 0 Å². The topological polar surface area (TPSA) is 26.0 Å². The highest BCUT2D eigenvalue weighted by atomic mass is 16.3. The van der Waals surface area contributed by atoms with Crippen molar-refractivity contribution in [3.05, 3.63) is 29.7 Å². The van der Waals surface area contributed by atoms with Crippen LogP contribution in [-0.2, 0) is 0 Å². The summed E-state index contributed by atoms with van der Waals surface area (Å²) in [5.74, 6) is 0. The zero-order valence-corrected chi connectivity index (χ0v) is 8.59. The average Bonchev–Trinajstić information content (AvgIpc) is 2.64. The molecule has 1 aromatic carbocycles. The number of rotatable bonds is 0. The van der Waals surface area contributed by atoms with E-state index in [4.69, 9.17) is 4.42 Å². The number of oxazole rings is 1. The summed E-state index contributed by atoms with van der Waals surface area (Å²) in [5.41, 5.74) is 4.19. The number of fused-ring (bicyclic) bond motifs is 1. The van der Waals surface area contributed by atoms with Crippen molar-refractivity contribution < 1.29 is 4.42 Å². The number of aromatic nitrogens is 1. The third-order valence-corrected chi connectivity index (χ3v) is 1.88. The van der Waals surface area contributed by atoms with Gasteiger partial charge in [0.25, 0.3) is 0 Å². The summed E-state index contributed by atoms with van der Waals surface area (Å²) < 4.78 is 5.22. The second-order valence-corrected chi connectivity index (χ2v) is 2.73. The van der Waals surface area contributed by atoms with Crippen LogP contribution in [0.15, 0.2) is 22.9 Å². The van der Waals surface area contributed by atoms with E-state index >= 15 is 0 Å². The van der Waals surface area contributed by atoms with Gasteiger partial charge in [0.05, 0.1) is 0 Å². The Kier molecular flexibility index (Phi) is 3.07. The van der Waals surface area contributed by atoms with E-state index in [0.29, 0.717) is 0 Å². The van der Waals surface area contributed by atoms with Crippen LogP contribution in [0.2, 0.25) is 0 Å². The van der Waals surface area contributed by atoms with Crippen molar-refractivity contribution in [2.75, 3.05) is 0 Å². The molecule has 0 saturated heterocycles. The fourth-order valence-corrected chi connectivity index (χ4v) is 1.21. The van der Waals surface area contributed by atoms with Crippen LogP contribution in [0.3, 0.4) is 0 Å². The van der Waals surface area contributed by atoms with Crippen LogP contribution >= 0.6 is 0 Å². The van der Waals surface area contributed by atoms with E-state index in [1.54, 1.807) is 0 Å². The van der Waals surface area contributed by atoms with Gasteiger partial charge in [-0.2, -0.15) is 0 Å². The molecule has 2 heteroatoms. The van der Waals surface area contributed by atoms with Crippen LogP contribution in [0.1, 0.15) is 25.0 Å². The molecule has 0 amide bonds. The fraction of sp³-hybridized carbons (Fsp3) is 0.364. The van der Waals surface area contributed by atoms with Gasteiger partial charge in [0, 0.05) is 0 Å². The van der Waals surface area contributed by atoms with Crippen LogP contribution < -0.4 is 0 Å². The first-order chi connectivity index (χ1) is 6.29. The molecule has 0 bridgehead atoms. The van der Waals surface area contributed by atoms with Crippen LogP contribution in [0.5, 0.6) is 0 Å². The quantitative estimate of drug-likeness (QED) is 0.615.